The second-order valence-corrected chi connectivity index (χ2v) is 7.25. The standard InChI is InChI=1S/C20H15ClFN5O/c21-14-6-5-13(16(22)18(14)28)17-15-19(23)24-9-25-20(15)27(26-17)12-7-10-3-1-2-4-11(10)8-12/h1-6,9,12,28H,7-8H2,(H2,23,24,25). The summed E-state index contributed by atoms with van der Waals surface area (Å²) in [6, 6.07) is 11.2. The molecule has 0 saturated heterocycles. The number of hydrogen-bond donors (Lipinski definition) is 2. The number of nitrogen functional groups attached to an aromatic ring is 1. The number of halogens is 2. The number of benzene rings is 2. The van der Waals surface area contributed by atoms with E-state index in [1.165, 1.54) is 29.6 Å². The lowest BCUT2D eigenvalue weighted by atomic mass is 10.1. The quantitative estimate of drug-likeness (QED) is 0.537. The molecular formula is C20H15ClFN5O. The topological polar surface area (TPSA) is 89.8 Å². The van der Waals surface area contributed by atoms with Gasteiger partial charge in [0.25, 0.3) is 0 Å². The number of fused-ring (bicyclic) bond motifs is 2. The van der Waals surface area contributed by atoms with Crippen LogP contribution >= 0.6 is 11.6 Å². The fraction of sp³-hybridized carbons (Fsp3) is 0.150. The first-order valence-corrected chi connectivity index (χ1v) is 9.15. The lowest BCUT2D eigenvalue weighted by Crippen LogP contribution is -2.11. The van der Waals surface area contributed by atoms with Crippen molar-refractivity contribution in [2.24, 2.45) is 0 Å². The highest BCUT2D eigenvalue weighted by Crippen LogP contribution is 2.39. The van der Waals surface area contributed by atoms with Crippen LogP contribution in [0.5, 0.6) is 5.75 Å². The normalized spacial score (nSPS) is 13.9. The Labute approximate surface area is 164 Å². The van der Waals surface area contributed by atoms with Crippen molar-refractivity contribution in [1.29, 1.82) is 0 Å². The molecule has 8 heteroatoms. The summed E-state index contributed by atoms with van der Waals surface area (Å²) in [5.41, 5.74) is 9.53. The van der Waals surface area contributed by atoms with Crippen LogP contribution in [0.25, 0.3) is 22.3 Å². The lowest BCUT2D eigenvalue weighted by molar-refractivity contribution is 0.433. The number of nitrogens with zero attached hydrogens (tertiary/aromatic N) is 4. The molecule has 6 nitrogen and oxygen atoms in total. The number of phenolic OH excluding ortho intramolecular Hbond substituents is 1. The van der Waals surface area contributed by atoms with Crippen LogP contribution in [0.15, 0.2) is 42.7 Å². The van der Waals surface area contributed by atoms with E-state index in [1.807, 2.05) is 12.1 Å². The Morgan fingerprint density at radius 3 is 2.54 bits per heavy atom. The maximum atomic E-state index is 14.7. The van der Waals surface area contributed by atoms with Crippen molar-refractivity contribution in [3.8, 4) is 17.0 Å². The molecule has 0 amide bonds. The van der Waals surface area contributed by atoms with E-state index in [2.05, 4.69) is 27.2 Å². The molecule has 0 radical (unpaired) electrons. The van der Waals surface area contributed by atoms with Crippen LogP contribution < -0.4 is 5.73 Å². The zero-order valence-corrected chi connectivity index (χ0v) is 15.4. The highest BCUT2D eigenvalue weighted by molar-refractivity contribution is 6.32. The number of phenols is 1. The lowest BCUT2D eigenvalue weighted by Gasteiger charge is -2.10. The molecule has 2 heterocycles. The van der Waals surface area contributed by atoms with Gasteiger partial charge in [0.05, 0.1) is 16.5 Å². The largest absolute Gasteiger partial charge is 0.504 e. The molecule has 1 aliphatic carbocycles. The van der Waals surface area contributed by atoms with Crippen LogP contribution in [-0.4, -0.2) is 24.9 Å². The van der Waals surface area contributed by atoms with Crippen molar-refractivity contribution in [1.82, 2.24) is 19.7 Å². The third kappa shape index (κ3) is 2.43. The minimum Gasteiger partial charge on any atom is -0.504 e. The summed E-state index contributed by atoms with van der Waals surface area (Å²) in [6.45, 7) is 0. The summed E-state index contributed by atoms with van der Waals surface area (Å²) in [6.07, 6.45) is 2.96. The number of aromatic hydroxyl groups is 1. The van der Waals surface area contributed by atoms with Gasteiger partial charge < -0.3 is 10.8 Å². The van der Waals surface area contributed by atoms with Crippen LogP contribution in [0.1, 0.15) is 17.2 Å². The van der Waals surface area contributed by atoms with Crippen LogP contribution in [0, 0.1) is 5.82 Å². The molecule has 4 aromatic rings. The smallest absolute Gasteiger partial charge is 0.175 e. The Bertz CT molecular complexity index is 1210. The molecule has 140 valence electrons. The molecule has 2 aromatic heterocycles. The monoisotopic (exact) mass is 395 g/mol. The number of anilines is 1. The Morgan fingerprint density at radius 2 is 1.82 bits per heavy atom. The Kier molecular flexibility index (Phi) is 3.73. The van der Waals surface area contributed by atoms with E-state index in [9.17, 15) is 9.50 Å². The van der Waals surface area contributed by atoms with Gasteiger partial charge in [-0.2, -0.15) is 5.10 Å². The third-order valence-corrected chi connectivity index (χ3v) is 5.52. The number of hydrogen-bond acceptors (Lipinski definition) is 5. The Balaban J connectivity index is 1.72. The van der Waals surface area contributed by atoms with Crippen molar-refractivity contribution >= 4 is 28.5 Å². The Hall–Kier alpha value is -3.19. The summed E-state index contributed by atoms with van der Waals surface area (Å²) in [4.78, 5) is 8.41. The molecule has 28 heavy (non-hydrogen) atoms. The fourth-order valence-corrected chi connectivity index (χ4v) is 4.02. The second-order valence-electron chi connectivity index (χ2n) is 6.84. The van der Waals surface area contributed by atoms with Crippen molar-refractivity contribution in [2.75, 3.05) is 5.73 Å². The van der Waals surface area contributed by atoms with E-state index in [-0.39, 0.29) is 28.1 Å². The van der Waals surface area contributed by atoms with Gasteiger partial charge in [0.2, 0.25) is 0 Å². The van der Waals surface area contributed by atoms with Gasteiger partial charge in [0, 0.05) is 5.56 Å². The van der Waals surface area contributed by atoms with Crippen LogP contribution in [0.2, 0.25) is 5.02 Å². The van der Waals surface area contributed by atoms with Crippen molar-refractivity contribution in [3.63, 3.8) is 0 Å². The number of aromatic nitrogens is 4. The van der Waals surface area contributed by atoms with E-state index in [0.29, 0.717) is 11.0 Å². The first kappa shape index (κ1) is 16.9. The zero-order chi connectivity index (χ0) is 19.4. The van der Waals surface area contributed by atoms with E-state index < -0.39 is 11.6 Å². The first-order valence-electron chi connectivity index (χ1n) is 8.77. The van der Waals surface area contributed by atoms with Crippen LogP contribution in [0.4, 0.5) is 10.2 Å². The summed E-state index contributed by atoms with van der Waals surface area (Å²) in [5, 5.41) is 15.0. The van der Waals surface area contributed by atoms with E-state index in [1.54, 1.807) is 4.68 Å². The highest BCUT2D eigenvalue weighted by atomic mass is 35.5. The van der Waals surface area contributed by atoms with Crippen molar-refractivity contribution < 1.29 is 9.50 Å². The molecule has 0 aliphatic heterocycles. The maximum absolute atomic E-state index is 14.7. The molecule has 0 bridgehead atoms. The second kappa shape index (κ2) is 6.17. The van der Waals surface area contributed by atoms with Gasteiger partial charge in [-0.25, -0.2) is 19.0 Å². The highest BCUT2D eigenvalue weighted by Gasteiger charge is 2.28. The summed E-state index contributed by atoms with van der Waals surface area (Å²) in [7, 11) is 0. The summed E-state index contributed by atoms with van der Waals surface area (Å²) >= 11 is 5.82. The molecular weight excluding hydrogens is 381 g/mol. The summed E-state index contributed by atoms with van der Waals surface area (Å²) in [5.74, 6) is -1.27. The molecule has 0 fully saturated rings. The molecule has 3 N–H and O–H groups in total. The minimum atomic E-state index is -0.850. The molecule has 0 atom stereocenters. The van der Waals surface area contributed by atoms with Crippen molar-refractivity contribution in [3.05, 3.63) is 64.7 Å². The molecule has 0 saturated carbocycles. The van der Waals surface area contributed by atoms with Gasteiger partial charge in [-0.1, -0.05) is 35.9 Å². The molecule has 1 aliphatic rings. The minimum absolute atomic E-state index is 0.0342. The molecule has 0 unspecified atom stereocenters. The van der Waals surface area contributed by atoms with Crippen molar-refractivity contribution in [2.45, 2.75) is 18.9 Å². The summed E-state index contributed by atoms with van der Waals surface area (Å²) < 4.78 is 16.5. The molecule has 2 aromatic carbocycles. The maximum Gasteiger partial charge on any atom is 0.175 e. The van der Waals surface area contributed by atoms with Gasteiger partial charge in [-0.05, 0) is 36.1 Å². The fourth-order valence-electron chi connectivity index (χ4n) is 3.87. The van der Waals surface area contributed by atoms with Gasteiger partial charge in [-0.15, -0.1) is 0 Å². The van der Waals surface area contributed by atoms with Gasteiger partial charge >= 0.3 is 0 Å². The van der Waals surface area contributed by atoms with E-state index in [0.717, 1.165) is 12.8 Å². The average Bonchev–Trinajstić information content (AvgIpc) is 3.28. The predicted molar refractivity (Wildman–Crippen MR) is 105 cm³/mol. The Morgan fingerprint density at radius 1 is 1.11 bits per heavy atom. The van der Waals surface area contributed by atoms with Gasteiger partial charge in [-0.3, -0.25) is 0 Å². The van der Waals surface area contributed by atoms with Crippen LogP contribution in [0.3, 0.4) is 0 Å². The number of rotatable bonds is 2. The molecule has 5 rings (SSSR count). The van der Waals surface area contributed by atoms with Gasteiger partial charge in [0.15, 0.2) is 17.2 Å². The SMILES string of the molecule is Nc1ncnc2c1c(-c1ccc(Cl)c(O)c1F)nn2C1Cc2ccccc2C1. The third-order valence-electron chi connectivity index (χ3n) is 5.22. The predicted octanol–water partition coefficient (Wildman–Crippen LogP) is 3.91. The molecule has 0 spiro atoms. The van der Waals surface area contributed by atoms with Crippen LogP contribution in [-0.2, 0) is 12.8 Å². The number of nitrogens with two attached hydrogens (primary N) is 1. The average molecular weight is 396 g/mol. The van der Waals surface area contributed by atoms with E-state index >= 15 is 0 Å². The van der Waals surface area contributed by atoms with Gasteiger partial charge in [0.1, 0.15) is 17.8 Å². The van der Waals surface area contributed by atoms with E-state index in [4.69, 9.17) is 17.3 Å². The zero-order valence-electron chi connectivity index (χ0n) is 14.6. The first-order chi connectivity index (χ1) is 13.5.